The van der Waals surface area contributed by atoms with Crippen molar-refractivity contribution in [1.82, 2.24) is 24.7 Å². The molecule has 308 valence electrons. The largest absolute Gasteiger partial charge is 0.467 e. The lowest BCUT2D eigenvalue weighted by Gasteiger charge is -2.41. The minimum Gasteiger partial charge on any atom is -0.467 e. The van der Waals surface area contributed by atoms with E-state index in [4.69, 9.17) is 14.5 Å². The SMILES string of the molecule is C=CC(=O)N1CC(C(=O)N(C)C(C(=O)NC(C=O)Cc2cccc(-c3ccc4c(c3)c(CC(C)(C)COC=O)c(-c3cccnc3C(C)OC)n4CC)c2)C(C)C)C1. The summed E-state index contributed by atoms with van der Waals surface area (Å²) < 4.78 is 13.3. The second-order valence-electron chi connectivity index (χ2n) is 16.3. The number of carbonyl (C=O) groups is 5. The number of methoxy groups -OCH3 is 1. The number of hydrogen-bond donors (Lipinski definition) is 1. The molecular weight excluding hydrogens is 735 g/mol. The summed E-state index contributed by atoms with van der Waals surface area (Å²) in [5.41, 5.74) is 7.42. The van der Waals surface area contributed by atoms with E-state index >= 15 is 0 Å². The molecule has 58 heavy (non-hydrogen) atoms. The molecule has 0 bridgehead atoms. The van der Waals surface area contributed by atoms with Crippen LogP contribution >= 0.6 is 0 Å². The molecule has 2 aromatic heterocycles. The maximum atomic E-state index is 13.7. The Morgan fingerprint density at radius 1 is 1.05 bits per heavy atom. The lowest BCUT2D eigenvalue weighted by Crippen LogP contribution is -2.60. The molecule has 1 aliphatic rings. The maximum absolute atomic E-state index is 13.7. The van der Waals surface area contributed by atoms with Gasteiger partial charge in [-0.1, -0.05) is 64.6 Å². The summed E-state index contributed by atoms with van der Waals surface area (Å²) in [6.45, 7) is 17.5. The maximum Gasteiger partial charge on any atom is 0.293 e. The lowest BCUT2D eigenvalue weighted by molar-refractivity contribution is -0.151. The van der Waals surface area contributed by atoms with E-state index in [2.05, 4.69) is 61.5 Å². The minimum atomic E-state index is -0.828. The molecule has 1 aliphatic heterocycles. The van der Waals surface area contributed by atoms with E-state index in [1.165, 1.54) is 15.9 Å². The first kappa shape index (κ1) is 43.5. The molecule has 1 N–H and O–H groups in total. The summed E-state index contributed by atoms with van der Waals surface area (Å²) in [6, 6.07) is 16.7. The van der Waals surface area contributed by atoms with Gasteiger partial charge in [-0.3, -0.25) is 24.2 Å². The molecule has 3 amide bonds. The summed E-state index contributed by atoms with van der Waals surface area (Å²) >= 11 is 0. The Balaban J connectivity index is 1.45. The van der Waals surface area contributed by atoms with Gasteiger partial charge in [-0.15, -0.1) is 0 Å². The quantitative estimate of drug-likeness (QED) is 0.0876. The third kappa shape index (κ3) is 9.39. The number of fused-ring (bicyclic) bond motifs is 1. The molecule has 1 fully saturated rings. The average Bonchev–Trinajstić information content (AvgIpc) is 3.49. The van der Waals surface area contributed by atoms with Gasteiger partial charge >= 0.3 is 0 Å². The summed E-state index contributed by atoms with van der Waals surface area (Å²) in [6.07, 6.45) is 4.36. The highest BCUT2D eigenvalue weighted by atomic mass is 16.5. The van der Waals surface area contributed by atoms with Crippen molar-refractivity contribution < 1.29 is 33.4 Å². The molecule has 0 saturated carbocycles. The van der Waals surface area contributed by atoms with E-state index in [-0.39, 0.29) is 55.4 Å². The Hall–Kier alpha value is -5.62. The fourth-order valence-electron chi connectivity index (χ4n) is 8.09. The predicted octanol–water partition coefficient (Wildman–Crippen LogP) is 6.19. The van der Waals surface area contributed by atoms with Gasteiger partial charge in [-0.2, -0.15) is 0 Å². The zero-order chi connectivity index (χ0) is 42.3. The first-order chi connectivity index (χ1) is 27.7. The van der Waals surface area contributed by atoms with Crippen LogP contribution in [0.4, 0.5) is 0 Å². The van der Waals surface area contributed by atoms with Gasteiger partial charge in [-0.05, 0) is 85.2 Å². The standard InChI is InChI=1S/C46H57N5O7/c1-10-40(54)50-24-34(25-50)45(56)49(8)42(29(3)4)44(55)48-35(26-52)21-31-14-12-15-32(20-31)33-17-18-39-37(22-33)38(23-46(6,7)27-58-28-53)43(51(39)11-2)36-16-13-19-47-41(36)30(5)57-9/h10,12-20,22,26,28-30,34-35,42H,1,11,21,23-25,27H2,2-9H3,(H,48,55). The highest BCUT2D eigenvalue weighted by molar-refractivity contribution is 5.96. The Kier molecular flexibility index (Phi) is 14.1. The second kappa shape index (κ2) is 18.8. The number of ether oxygens (including phenoxy) is 2. The number of aldehydes is 1. The van der Waals surface area contributed by atoms with E-state index < -0.39 is 23.9 Å². The first-order valence-corrected chi connectivity index (χ1v) is 19.9. The van der Waals surface area contributed by atoms with E-state index in [1.807, 2.05) is 51.1 Å². The zero-order valence-electron chi connectivity index (χ0n) is 35.0. The molecule has 0 aliphatic carbocycles. The van der Waals surface area contributed by atoms with E-state index in [0.717, 1.165) is 56.4 Å². The van der Waals surface area contributed by atoms with E-state index in [0.29, 0.717) is 19.4 Å². The van der Waals surface area contributed by atoms with E-state index in [1.54, 1.807) is 20.4 Å². The average molecular weight is 792 g/mol. The Labute approximate surface area is 341 Å². The van der Waals surface area contributed by atoms with Gasteiger partial charge in [0.2, 0.25) is 17.7 Å². The Morgan fingerprint density at radius 2 is 1.78 bits per heavy atom. The van der Waals surface area contributed by atoms with Crippen LogP contribution in [0, 0.1) is 17.3 Å². The van der Waals surface area contributed by atoms with Crippen LogP contribution < -0.4 is 5.32 Å². The highest BCUT2D eigenvalue weighted by Gasteiger charge is 2.40. The molecule has 4 aromatic rings. The fraction of sp³-hybridized carbons (Fsp3) is 0.435. The molecule has 1 saturated heterocycles. The fourth-order valence-corrected chi connectivity index (χ4v) is 8.09. The molecule has 2 aromatic carbocycles. The number of carbonyl (C=O) groups excluding carboxylic acids is 5. The zero-order valence-corrected chi connectivity index (χ0v) is 35.0. The molecule has 3 unspecified atom stereocenters. The van der Waals surface area contributed by atoms with Crippen molar-refractivity contribution in [2.24, 2.45) is 17.3 Å². The highest BCUT2D eigenvalue weighted by Crippen LogP contribution is 2.41. The second-order valence-corrected chi connectivity index (χ2v) is 16.3. The van der Waals surface area contributed by atoms with Gasteiger partial charge in [0.1, 0.15) is 12.3 Å². The van der Waals surface area contributed by atoms with Crippen molar-refractivity contribution in [3.05, 3.63) is 90.3 Å². The summed E-state index contributed by atoms with van der Waals surface area (Å²) in [5.74, 6) is -1.49. The van der Waals surface area contributed by atoms with Gasteiger partial charge in [-0.25, -0.2) is 0 Å². The molecule has 5 rings (SSSR count). The van der Waals surface area contributed by atoms with Crippen LogP contribution in [0.25, 0.3) is 33.3 Å². The number of amides is 3. The first-order valence-electron chi connectivity index (χ1n) is 19.9. The van der Waals surface area contributed by atoms with Crippen LogP contribution in [0.15, 0.2) is 73.4 Å². The normalized spacial score (nSPS) is 14.7. The van der Waals surface area contributed by atoms with Crippen molar-refractivity contribution in [1.29, 1.82) is 0 Å². The predicted molar refractivity (Wildman–Crippen MR) is 225 cm³/mol. The van der Waals surface area contributed by atoms with Crippen molar-refractivity contribution in [2.75, 3.05) is 33.9 Å². The van der Waals surface area contributed by atoms with E-state index in [9.17, 15) is 24.0 Å². The van der Waals surface area contributed by atoms with Gasteiger partial charge in [0.05, 0.1) is 36.1 Å². The molecule has 3 atom stereocenters. The topological polar surface area (TPSA) is 140 Å². The summed E-state index contributed by atoms with van der Waals surface area (Å²) in [7, 11) is 3.27. The van der Waals surface area contributed by atoms with Crippen LogP contribution in [-0.4, -0.2) is 95.8 Å². The van der Waals surface area contributed by atoms with Gasteiger partial charge in [0, 0.05) is 61.9 Å². The van der Waals surface area contributed by atoms with Crippen LogP contribution in [0.5, 0.6) is 0 Å². The number of rotatable bonds is 19. The lowest BCUT2D eigenvalue weighted by atomic mass is 9.84. The summed E-state index contributed by atoms with van der Waals surface area (Å²) in [5, 5.41) is 3.96. The third-order valence-electron chi connectivity index (χ3n) is 11.1. The number of hydrogen-bond acceptors (Lipinski definition) is 8. The van der Waals surface area contributed by atoms with Crippen LogP contribution in [0.3, 0.4) is 0 Å². The van der Waals surface area contributed by atoms with Crippen LogP contribution in [0.2, 0.25) is 0 Å². The van der Waals surface area contributed by atoms with Gasteiger partial charge < -0.3 is 34.0 Å². The third-order valence-corrected chi connectivity index (χ3v) is 11.1. The van der Waals surface area contributed by atoms with Gasteiger partial charge in [0.25, 0.3) is 6.47 Å². The van der Waals surface area contributed by atoms with Crippen molar-refractivity contribution in [2.45, 2.75) is 79.1 Å². The Morgan fingerprint density at radius 3 is 2.41 bits per heavy atom. The molecule has 0 spiro atoms. The molecule has 3 heterocycles. The van der Waals surface area contributed by atoms with Crippen LogP contribution in [0.1, 0.15) is 64.5 Å². The van der Waals surface area contributed by atoms with Crippen molar-refractivity contribution >= 4 is 41.4 Å². The minimum absolute atomic E-state index is 0.220. The molecule has 12 heteroatoms. The number of nitrogens with zero attached hydrogens (tertiary/aromatic N) is 4. The number of likely N-dealkylation sites (tertiary alicyclic amines) is 1. The number of nitrogens with one attached hydrogen (secondary N) is 1. The molecule has 12 nitrogen and oxygen atoms in total. The molecular formula is C46H57N5O7. The number of pyridine rings is 1. The van der Waals surface area contributed by atoms with Crippen LogP contribution in [-0.2, 0) is 52.8 Å². The number of benzene rings is 2. The monoisotopic (exact) mass is 791 g/mol. The number of aryl methyl sites for hydroxylation is 1. The van der Waals surface area contributed by atoms with Crippen molar-refractivity contribution in [3.8, 4) is 22.4 Å². The number of aromatic nitrogens is 2. The smallest absolute Gasteiger partial charge is 0.293 e. The molecule has 0 radical (unpaired) electrons. The Bertz CT molecular complexity index is 2150. The number of likely N-dealkylation sites (N-methyl/N-ethyl adjacent to an activating group) is 1. The van der Waals surface area contributed by atoms with Crippen molar-refractivity contribution in [3.63, 3.8) is 0 Å². The summed E-state index contributed by atoms with van der Waals surface area (Å²) in [4.78, 5) is 70.3. The van der Waals surface area contributed by atoms with Gasteiger partial charge in [0.15, 0.2) is 0 Å².